The number of aromatic amines is 1. The van der Waals surface area contributed by atoms with Gasteiger partial charge in [0.25, 0.3) is 5.69 Å². The zero-order chi connectivity index (χ0) is 18.5. The van der Waals surface area contributed by atoms with E-state index >= 15 is 0 Å². The highest BCUT2D eigenvalue weighted by molar-refractivity contribution is 5.92. The molecule has 0 saturated carbocycles. The molecule has 1 aromatic heterocycles. The number of anilines is 1. The van der Waals surface area contributed by atoms with Crippen molar-refractivity contribution in [2.75, 3.05) is 11.9 Å². The quantitative estimate of drug-likeness (QED) is 0.499. The van der Waals surface area contributed by atoms with E-state index in [2.05, 4.69) is 15.3 Å². The highest BCUT2D eigenvalue weighted by atomic mass is 16.6. The number of aryl methyl sites for hydroxylation is 1. The first kappa shape index (κ1) is 17.4. The van der Waals surface area contributed by atoms with Crippen molar-refractivity contribution in [3.05, 3.63) is 58.4 Å². The summed E-state index contributed by atoms with van der Waals surface area (Å²) in [5.74, 6) is 1.07. The summed E-state index contributed by atoms with van der Waals surface area (Å²) in [7, 11) is 0. The number of nitro groups is 1. The topological polar surface area (TPSA) is 110 Å². The highest BCUT2D eigenvalue weighted by Crippen LogP contribution is 2.24. The third-order valence-electron chi connectivity index (χ3n) is 3.78. The summed E-state index contributed by atoms with van der Waals surface area (Å²) in [4.78, 5) is 29.9. The predicted octanol–water partition coefficient (Wildman–Crippen LogP) is 3.44. The number of carbonyl (C=O) groups excluding carboxylic acids is 1. The van der Waals surface area contributed by atoms with E-state index in [1.807, 2.05) is 19.1 Å². The van der Waals surface area contributed by atoms with Gasteiger partial charge in [0.2, 0.25) is 5.91 Å². The molecule has 0 saturated heterocycles. The number of nitrogens with zero attached hydrogens (tertiary/aromatic N) is 2. The Morgan fingerprint density at radius 2 is 2.12 bits per heavy atom. The Morgan fingerprint density at radius 3 is 2.88 bits per heavy atom. The molecule has 26 heavy (non-hydrogen) atoms. The van der Waals surface area contributed by atoms with Gasteiger partial charge in [-0.05, 0) is 25.1 Å². The minimum Gasteiger partial charge on any atom is -0.492 e. The number of ether oxygens (including phenoxy) is 1. The van der Waals surface area contributed by atoms with E-state index in [9.17, 15) is 14.9 Å². The maximum absolute atomic E-state index is 12.2. The molecule has 2 aromatic carbocycles. The van der Waals surface area contributed by atoms with Crippen molar-refractivity contribution in [1.29, 1.82) is 0 Å². The van der Waals surface area contributed by atoms with Crippen LogP contribution in [-0.4, -0.2) is 27.4 Å². The summed E-state index contributed by atoms with van der Waals surface area (Å²) in [6.07, 6.45) is 0.619. The SMILES string of the molecule is CCOc1ccccc1NC(=O)CCc1nc2ccc([N+](=O)[O-])cc2[nH]1. The van der Waals surface area contributed by atoms with Gasteiger partial charge in [0.15, 0.2) is 0 Å². The molecule has 2 N–H and O–H groups in total. The zero-order valence-electron chi connectivity index (χ0n) is 14.2. The van der Waals surface area contributed by atoms with Gasteiger partial charge in [0, 0.05) is 25.0 Å². The normalized spacial score (nSPS) is 10.7. The third kappa shape index (κ3) is 3.97. The van der Waals surface area contributed by atoms with Gasteiger partial charge in [-0.1, -0.05) is 12.1 Å². The molecule has 134 valence electrons. The molecule has 3 rings (SSSR count). The van der Waals surface area contributed by atoms with Gasteiger partial charge >= 0.3 is 0 Å². The van der Waals surface area contributed by atoms with Crippen molar-refractivity contribution in [2.45, 2.75) is 19.8 Å². The van der Waals surface area contributed by atoms with Gasteiger partial charge in [0.05, 0.1) is 28.3 Å². The van der Waals surface area contributed by atoms with E-state index < -0.39 is 4.92 Å². The number of para-hydroxylation sites is 2. The van der Waals surface area contributed by atoms with Gasteiger partial charge in [-0.15, -0.1) is 0 Å². The van der Waals surface area contributed by atoms with Crippen LogP contribution in [0.3, 0.4) is 0 Å². The van der Waals surface area contributed by atoms with Crippen LogP contribution in [0.15, 0.2) is 42.5 Å². The van der Waals surface area contributed by atoms with E-state index in [1.165, 1.54) is 12.1 Å². The number of hydrogen-bond acceptors (Lipinski definition) is 5. The van der Waals surface area contributed by atoms with Crippen LogP contribution in [0, 0.1) is 10.1 Å². The fraction of sp³-hybridized carbons (Fsp3) is 0.222. The Morgan fingerprint density at radius 1 is 1.31 bits per heavy atom. The lowest BCUT2D eigenvalue weighted by Crippen LogP contribution is -2.13. The molecule has 0 fully saturated rings. The second-order valence-corrected chi connectivity index (χ2v) is 5.62. The standard InChI is InChI=1S/C18H18N4O4/c1-2-26-16-6-4-3-5-14(16)21-18(23)10-9-17-19-13-8-7-12(22(24)25)11-15(13)20-17/h3-8,11H,2,9-10H2,1H3,(H,19,20)(H,21,23). The molecule has 0 atom stereocenters. The largest absolute Gasteiger partial charge is 0.492 e. The Kier molecular flexibility index (Phi) is 5.12. The van der Waals surface area contributed by atoms with Crippen LogP contribution < -0.4 is 10.1 Å². The Balaban J connectivity index is 1.64. The molecule has 1 amide bonds. The number of amides is 1. The molecule has 0 radical (unpaired) electrons. The molecule has 0 aliphatic rings. The zero-order valence-corrected chi connectivity index (χ0v) is 14.2. The highest BCUT2D eigenvalue weighted by Gasteiger charge is 2.12. The summed E-state index contributed by atoms with van der Waals surface area (Å²) >= 11 is 0. The molecule has 3 aromatic rings. The Hall–Kier alpha value is -3.42. The number of carbonyl (C=O) groups is 1. The van der Waals surface area contributed by atoms with Gasteiger partial charge in [-0.3, -0.25) is 14.9 Å². The second-order valence-electron chi connectivity index (χ2n) is 5.62. The van der Waals surface area contributed by atoms with Gasteiger partial charge < -0.3 is 15.0 Å². The maximum Gasteiger partial charge on any atom is 0.271 e. The number of fused-ring (bicyclic) bond motifs is 1. The number of hydrogen-bond donors (Lipinski definition) is 2. The summed E-state index contributed by atoms with van der Waals surface area (Å²) in [5, 5.41) is 13.7. The van der Waals surface area contributed by atoms with E-state index in [0.29, 0.717) is 41.3 Å². The van der Waals surface area contributed by atoms with Crippen LogP contribution >= 0.6 is 0 Å². The van der Waals surface area contributed by atoms with Crippen molar-refractivity contribution < 1.29 is 14.5 Å². The molecule has 0 unspecified atom stereocenters. The summed E-state index contributed by atoms with van der Waals surface area (Å²) in [6.45, 7) is 2.39. The first-order valence-corrected chi connectivity index (χ1v) is 8.21. The van der Waals surface area contributed by atoms with Crippen molar-refractivity contribution in [3.63, 3.8) is 0 Å². The second kappa shape index (κ2) is 7.64. The number of H-pyrrole nitrogens is 1. The summed E-state index contributed by atoms with van der Waals surface area (Å²) in [6, 6.07) is 11.7. The smallest absolute Gasteiger partial charge is 0.271 e. The van der Waals surface area contributed by atoms with Crippen LogP contribution in [0.25, 0.3) is 11.0 Å². The minimum atomic E-state index is -0.455. The van der Waals surface area contributed by atoms with Crippen molar-refractivity contribution in [1.82, 2.24) is 9.97 Å². The first-order valence-electron chi connectivity index (χ1n) is 8.21. The van der Waals surface area contributed by atoms with Crippen molar-refractivity contribution in [2.24, 2.45) is 0 Å². The van der Waals surface area contributed by atoms with Gasteiger partial charge in [-0.2, -0.15) is 0 Å². The van der Waals surface area contributed by atoms with E-state index in [4.69, 9.17) is 4.74 Å². The lowest BCUT2D eigenvalue weighted by atomic mass is 10.2. The third-order valence-corrected chi connectivity index (χ3v) is 3.78. The monoisotopic (exact) mass is 354 g/mol. The first-order chi connectivity index (χ1) is 12.6. The van der Waals surface area contributed by atoms with Gasteiger partial charge in [-0.25, -0.2) is 4.98 Å². The Labute approximate surface area is 149 Å². The lowest BCUT2D eigenvalue weighted by molar-refractivity contribution is -0.384. The average molecular weight is 354 g/mol. The molecule has 0 spiro atoms. The molecule has 0 aliphatic heterocycles. The van der Waals surface area contributed by atoms with Crippen LogP contribution in [0.1, 0.15) is 19.2 Å². The maximum atomic E-state index is 12.2. The predicted molar refractivity (Wildman–Crippen MR) is 97.3 cm³/mol. The number of aromatic nitrogens is 2. The number of benzene rings is 2. The van der Waals surface area contributed by atoms with E-state index in [0.717, 1.165) is 0 Å². The number of nitrogens with one attached hydrogen (secondary N) is 2. The fourth-order valence-corrected chi connectivity index (χ4v) is 2.58. The molecular weight excluding hydrogens is 336 g/mol. The molecular formula is C18H18N4O4. The Bertz CT molecular complexity index is 951. The molecule has 0 aliphatic carbocycles. The summed E-state index contributed by atoms with van der Waals surface area (Å²) < 4.78 is 5.48. The number of rotatable bonds is 7. The minimum absolute atomic E-state index is 0.00188. The lowest BCUT2D eigenvalue weighted by Gasteiger charge is -2.10. The van der Waals surface area contributed by atoms with Crippen LogP contribution in [0.2, 0.25) is 0 Å². The van der Waals surface area contributed by atoms with E-state index in [-0.39, 0.29) is 18.0 Å². The number of imidazole rings is 1. The number of nitro benzene ring substituents is 1. The van der Waals surface area contributed by atoms with E-state index in [1.54, 1.807) is 18.2 Å². The number of non-ortho nitro benzene ring substituents is 1. The van der Waals surface area contributed by atoms with Crippen LogP contribution in [0.4, 0.5) is 11.4 Å². The van der Waals surface area contributed by atoms with Crippen molar-refractivity contribution in [3.8, 4) is 5.75 Å². The molecule has 1 heterocycles. The van der Waals surface area contributed by atoms with Gasteiger partial charge in [0.1, 0.15) is 11.6 Å². The molecule has 8 nitrogen and oxygen atoms in total. The molecule has 0 bridgehead atoms. The fourth-order valence-electron chi connectivity index (χ4n) is 2.58. The molecule has 8 heteroatoms. The summed E-state index contributed by atoms with van der Waals surface area (Å²) in [5.41, 5.74) is 1.83. The van der Waals surface area contributed by atoms with Crippen molar-refractivity contribution >= 4 is 28.3 Å². The average Bonchev–Trinajstić information content (AvgIpc) is 3.04. The van der Waals surface area contributed by atoms with Crippen LogP contribution in [0.5, 0.6) is 5.75 Å². The van der Waals surface area contributed by atoms with Crippen LogP contribution in [-0.2, 0) is 11.2 Å².